The zero-order valence-corrected chi connectivity index (χ0v) is 12.8. The Balaban J connectivity index is 2.11. The normalized spacial score (nSPS) is 27.4. The number of hydrogen-bond acceptors (Lipinski definition) is 4. The first kappa shape index (κ1) is 14.9. The van der Waals surface area contributed by atoms with Crippen molar-refractivity contribution in [1.29, 1.82) is 0 Å². The molecule has 1 fully saturated rings. The molecule has 1 aromatic carbocycles. The first-order valence-corrected chi connectivity index (χ1v) is 7.63. The molecule has 0 radical (unpaired) electrons. The fraction of sp³-hybridized carbons (Fsp3) is 0.471. The molecular weight excluding hydrogens is 282 g/mol. The summed E-state index contributed by atoms with van der Waals surface area (Å²) in [5, 5.41) is 0. The first-order valence-electron chi connectivity index (χ1n) is 7.63. The van der Waals surface area contributed by atoms with E-state index in [9.17, 15) is 14.4 Å². The summed E-state index contributed by atoms with van der Waals surface area (Å²) < 4.78 is 6.10. The Morgan fingerprint density at radius 3 is 2.77 bits per heavy atom. The van der Waals surface area contributed by atoms with E-state index < -0.39 is 11.5 Å². The summed E-state index contributed by atoms with van der Waals surface area (Å²) in [5.74, 6) is -0.781. The second-order valence-corrected chi connectivity index (χ2v) is 5.95. The van der Waals surface area contributed by atoms with Crippen molar-refractivity contribution in [2.45, 2.75) is 51.2 Å². The average Bonchev–Trinajstić information content (AvgIpc) is 2.68. The second kappa shape index (κ2) is 5.32. The fourth-order valence-corrected chi connectivity index (χ4v) is 3.47. The van der Waals surface area contributed by atoms with Crippen LogP contribution < -0.4 is 4.90 Å². The minimum Gasteiger partial charge on any atom is -0.356 e. The van der Waals surface area contributed by atoms with Gasteiger partial charge in [-0.1, -0.05) is 31.5 Å². The van der Waals surface area contributed by atoms with E-state index in [1.165, 1.54) is 6.92 Å². The highest BCUT2D eigenvalue weighted by atomic mass is 16.5. The third-order valence-corrected chi connectivity index (χ3v) is 4.32. The Morgan fingerprint density at radius 2 is 2.09 bits per heavy atom. The number of para-hydroxylation sites is 1. The third kappa shape index (κ3) is 2.08. The summed E-state index contributed by atoms with van der Waals surface area (Å²) in [7, 11) is 0. The van der Waals surface area contributed by atoms with Crippen molar-refractivity contribution in [3.8, 4) is 0 Å². The Kier molecular flexibility index (Phi) is 3.60. The Morgan fingerprint density at radius 1 is 1.36 bits per heavy atom. The maximum absolute atomic E-state index is 12.9. The van der Waals surface area contributed by atoms with Gasteiger partial charge in [-0.2, -0.15) is 0 Å². The highest BCUT2D eigenvalue weighted by Crippen LogP contribution is 2.48. The monoisotopic (exact) mass is 301 g/mol. The van der Waals surface area contributed by atoms with E-state index in [2.05, 4.69) is 0 Å². The Labute approximate surface area is 129 Å². The van der Waals surface area contributed by atoms with Crippen LogP contribution in [0, 0.1) is 0 Å². The van der Waals surface area contributed by atoms with Gasteiger partial charge in [0.15, 0.2) is 5.60 Å². The summed E-state index contributed by atoms with van der Waals surface area (Å²) in [4.78, 5) is 38.1. The molecule has 0 N–H and O–H groups in total. The summed E-state index contributed by atoms with van der Waals surface area (Å²) >= 11 is 0. The topological polar surface area (TPSA) is 63.7 Å². The highest BCUT2D eigenvalue weighted by Gasteiger charge is 2.57. The number of fused-ring (bicyclic) bond motifs is 2. The van der Waals surface area contributed by atoms with E-state index in [0.717, 1.165) is 17.7 Å². The Hall–Kier alpha value is -2.01. The fourth-order valence-electron chi connectivity index (χ4n) is 3.47. The van der Waals surface area contributed by atoms with Gasteiger partial charge in [0.25, 0.3) is 5.91 Å². The second-order valence-electron chi connectivity index (χ2n) is 5.95. The minimum atomic E-state index is -1.32. The molecule has 22 heavy (non-hydrogen) atoms. The Bertz CT molecular complexity index is 654. The van der Waals surface area contributed by atoms with E-state index in [4.69, 9.17) is 4.74 Å². The van der Waals surface area contributed by atoms with Crippen molar-refractivity contribution >= 4 is 23.3 Å². The number of carbonyl (C=O) groups excluding carboxylic acids is 3. The standard InChI is InChI=1S/C17H19NO4/c1-3-6-13-9-12(20)10-17(22-13)14-7-4-5-8-15(14)18(11(2)19)16(17)21/h4-5,7-8,13H,3,6,9-10H2,1-2H3/t13-,17-/m1/s1. The maximum atomic E-state index is 12.9. The lowest BCUT2D eigenvalue weighted by Gasteiger charge is -2.36. The average molecular weight is 301 g/mol. The molecule has 0 aliphatic carbocycles. The predicted molar refractivity (Wildman–Crippen MR) is 80.3 cm³/mol. The van der Waals surface area contributed by atoms with Gasteiger partial charge in [-0.15, -0.1) is 0 Å². The lowest BCUT2D eigenvalue weighted by molar-refractivity contribution is -0.172. The molecule has 1 saturated heterocycles. The van der Waals surface area contributed by atoms with Gasteiger partial charge in [-0.05, 0) is 12.5 Å². The molecule has 116 valence electrons. The molecule has 0 saturated carbocycles. The van der Waals surface area contributed by atoms with E-state index >= 15 is 0 Å². The predicted octanol–water partition coefficient (Wildman–Crippen LogP) is 2.32. The van der Waals surface area contributed by atoms with Crippen molar-refractivity contribution < 1.29 is 19.1 Å². The third-order valence-electron chi connectivity index (χ3n) is 4.32. The molecular formula is C17H19NO4. The zero-order chi connectivity index (χ0) is 15.9. The molecule has 2 aliphatic rings. The smallest absolute Gasteiger partial charge is 0.271 e. The largest absolute Gasteiger partial charge is 0.356 e. The minimum absolute atomic E-state index is 0.00679. The van der Waals surface area contributed by atoms with Crippen molar-refractivity contribution in [2.75, 3.05) is 4.90 Å². The number of Topliss-reactive ketones (excluding diaryl/α,β-unsaturated/α-hetero) is 1. The molecule has 5 nitrogen and oxygen atoms in total. The number of rotatable bonds is 2. The van der Waals surface area contributed by atoms with Crippen LogP contribution in [0.25, 0.3) is 0 Å². The van der Waals surface area contributed by atoms with Gasteiger partial charge >= 0.3 is 0 Å². The molecule has 0 bridgehead atoms. The van der Waals surface area contributed by atoms with Crippen molar-refractivity contribution in [3.63, 3.8) is 0 Å². The summed E-state index contributed by atoms with van der Waals surface area (Å²) in [6, 6.07) is 7.07. The molecule has 5 heteroatoms. The highest BCUT2D eigenvalue weighted by molar-refractivity contribution is 6.22. The van der Waals surface area contributed by atoms with Gasteiger partial charge in [0.05, 0.1) is 11.8 Å². The van der Waals surface area contributed by atoms with Gasteiger partial charge in [-0.25, -0.2) is 4.90 Å². The molecule has 1 spiro atoms. The van der Waals surface area contributed by atoms with E-state index in [1.54, 1.807) is 24.3 Å². The zero-order valence-electron chi connectivity index (χ0n) is 12.8. The van der Waals surface area contributed by atoms with Crippen molar-refractivity contribution in [1.82, 2.24) is 0 Å². The number of hydrogen-bond donors (Lipinski definition) is 0. The van der Waals surface area contributed by atoms with Crippen molar-refractivity contribution in [2.24, 2.45) is 0 Å². The SMILES string of the molecule is CCC[C@@H]1CC(=O)C[C@]2(O1)C(=O)N(C(C)=O)c1ccccc12. The molecule has 3 rings (SSSR count). The molecule has 0 aromatic heterocycles. The maximum Gasteiger partial charge on any atom is 0.271 e. The summed E-state index contributed by atoms with van der Waals surface area (Å²) in [6.07, 6.45) is 1.68. The van der Waals surface area contributed by atoms with Crippen LogP contribution in [0.5, 0.6) is 0 Å². The summed E-state index contributed by atoms with van der Waals surface area (Å²) in [5.41, 5.74) is -0.161. The van der Waals surface area contributed by atoms with Crippen LogP contribution in [-0.4, -0.2) is 23.7 Å². The number of nitrogens with zero attached hydrogens (tertiary/aromatic N) is 1. The van der Waals surface area contributed by atoms with Gasteiger partial charge in [0, 0.05) is 25.3 Å². The number of imide groups is 1. The molecule has 2 atom stereocenters. The molecule has 2 aliphatic heterocycles. The van der Waals surface area contributed by atoms with Crippen LogP contribution in [0.15, 0.2) is 24.3 Å². The quantitative estimate of drug-likeness (QED) is 0.841. The number of anilines is 1. The number of amides is 2. The number of carbonyl (C=O) groups is 3. The van der Waals surface area contributed by atoms with Crippen LogP contribution in [0.4, 0.5) is 5.69 Å². The van der Waals surface area contributed by atoms with Crippen LogP contribution in [0.2, 0.25) is 0 Å². The number of ketones is 1. The lowest BCUT2D eigenvalue weighted by Crippen LogP contribution is -2.50. The van der Waals surface area contributed by atoms with Crippen LogP contribution in [-0.2, 0) is 24.7 Å². The van der Waals surface area contributed by atoms with Crippen LogP contribution in [0.3, 0.4) is 0 Å². The molecule has 2 heterocycles. The van der Waals surface area contributed by atoms with E-state index in [-0.39, 0.29) is 24.2 Å². The molecule has 0 unspecified atom stereocenters. The number of ether oxygens (including phenoxy) is 1. The molecule has 2 amide bonds. The van der Waals surface area contributed by atoms with E-state index in [1.807, 2.05) is 6.92 Å². The number of benzene rings is 1. The van der Waals surface area contributed by atoms with Gasteiger partial charge in [0.2, 0.25) is 5.91 Å². The van der Waals surface area contributed by atoms with Crippen molar-refractivity contribution in [3.05, 3.63) is 29.8 Å². The van der Waals surface area contributed by atoms with Gasteiger partial charge < -0.3 is 4.74 Å². The van der Waals surface area contributed by atoms with Crippen LogP contribution >= 0.6 is 0 Å². The first-order chi connectivity index (χ1) is 10.5. The molecule has 1 aromatic rings. The van der Waals surface area contributed by atoms with Gasteiger partial charge in [-0.3, -0.25) is 14.4 Å². The van der Waals surface area contributed by atoms with E-state index in [0.29, 0.717) is 17.7 Å². The van der Waals surface area contributed by atoms with Crippen LogP contribution in [0.1, 0.15) is 45.1 Å². The lowest BCUT2D eigenvalue weighted by atomic mass is 9.84. The van der Waals surface area contributed by atoms with Gasteiger partial charge in [0.1, 0.15) is 5.78 Å². The summed E-state index contributed by atoms with van der Waals surface area (Å²) in [6.45, 7) is 3.36.